The first-order chi connectivity index (χ1) is 10.6. The molecule has 2 rings (SSSR count). The van der Waals surface area contributed by atoms with Crippen molar-refractivity contribution in [2.45, 2.75) is 11.8 Å². The van der Waals surface area contributed by atoms with Gasteiger partial charge in [-0.05, 0) is 31.2 Å². The molecule has 5 nitrogen and oxygen atoms in total. The van der Waals surface area contributed by atoms with Crippen molar-refractivity contribution in [1.82, 2.24) is 4.98 Å². The Bertz CT molecular complexity index is 713. The molecule has 0 aliphatic carbocycles. The normalized spacial score (nSPS) is 11.0. The van der Waals surface area contributed by atoms with Gasteiger partial charge >= 0.3 is 0 Å². The minimum Gasteiger partial charge on any atom is -0.367 e. The van der Waals surface area contributed by atoms with Crippen LogP contribution in [0.4, 0.5) is 11.5 Å². The molecule has 0 atom stereocenters. The third-order valence-corrected chi connectivity index (χ3v) is 4.97. The minimum absolute atomic E-state index is 0.169. The summed E-state index contributed by atoms with van der Waals surface area (Å²) >= 11 is 0. The molecule has 2 aromatic rings. The highest BCUT2D eigenvalue weighted by Gasteiger charge is 2.23. The van der Waals surface area contributed by atoms with Crippen molar-refractivity contribution in [3.8, 4) is 0 Å². The largest absolute Gasteiger partial charge is 0.367 e. The molecule has 0 bridgehead atoms. The molecular weight excluding hydrogens is 298 g/mol. The number of hydrogen-bond acceptors (Lipinski definition) is 4. The Morgan fingerprint density at radius 1 is 1.23 bits per heavy atom. The number of nitrogens with one attached hydrogen (secondary N) is 1. The van der Waals surface area contributed by atoms with Crippen molar-refractivity contribution >= 4 is 21.5 Å². The van der Waals surface area contributed by atoms with Crippen molar-refractivity contribution < 1.29 is 8.42 Å². The van der Waals surface area contributed by atoms with Gasteiger partial charge in [-0.2, -0.15) is 0 Å². The summed E-state index contributed by atoms with van der Waals surface area (Å²) < 4.78 is 26.8. The molecule has 0 amide bonds. The van der Waals surface area contributed by atoms with E-state index < -0.39 is 10.0 Å². The lowest BCUT2D eigenvalue weighted by Gasteiger charge is -2.22. The fourth-order valence-corrected chi connectivity index (χ4v) is 3.45. The second-order valence-electron chi connectivity index (χ2n) is 4.55. The first kappa shape index (κ1) is 16.0. The molecule has 0 saturated carbocycles. The van der Waals surface area contributed by atoms with E-state index in [2.05, 4.69) is 16.9 Å². The van der Waals surface area contributed by atoms with Crippen LogP contribution < -0.4 is 9.62 Å². The van der Waals surface area contributed by atoms with E-state index >= 15 is 0 Å². The first-order valence-electron chi connectivity index (χ1n) is 6.98. The Balaban J connectivity index is 2.30. The van der Waals surface area contributed by atoms with E-state index in [4.69, 9.17) is 0 Å². The lowest BCUT2D eigenvalue weighted by atomic mass is 10.3. The fourth-order valence-electron chi connectivity index (χ4n) is 2.03. The highest BCUT2D eigenvalue weighted by molar-refractivity contribution is 7.92. The molecule has 1 heterocycles. The van der Waals surface area contributed by atoms with Gasteiger partial charge in [0.2, 0.25) is 0 Å². The number of sulfonamides is 1. The average molecular weight is 317 g/mol. The standard InChI is InChI=1S/C16H19N3O2S/c1-3-12-17-16-11-10-15(13-18-16)22(20,21)19(4-2)14-8-6-5-7-9-14/h3,5-11,13H,1,4,12H2,2H3,(H,17,18). The van der Waals surface area contributed by atoms with Gasteiger partial charge < -0.3 is 5.32 Å². The Hall–Kier alpha value is -2.34. The molecule has 1 aromatic heterocycles. The number of aromatic nitrogens is 1. The van der Waals surface area contributed by atoms with Gasteiger partial charge in [-0.3, -0.25) is 4.31 Å². The lowest BCUT2D eigenvalue weighted by molar-refractivity contribution is 0.591. The van der Waals surface area contributed by atoms with Gasteiger partial charge in [-0.25, -0.2) is 13.4 Å². The van der Waals surface area contributed by atoms with Crippen molar-refractivity contribution in [2.75, 3.05) is 22.7 Å². The molecule has 1 N–H and O–H groups in total. The molecule has 22 heavy (non-hydrogen) atoms. The number of para-hydroxylation sites is 1. The number of nitrogens with zero attached hydrogens (tertiary/aromatic N) is 2. The van der Waals surface area contributed by atoms with Crippen LogP contribution in [0, 0.1) is 0 Å². The quantitative estimate of drug-likeness (QED) is 0.798. The maximum absolute atomic E-state index is 12.7. The van der Waals surface area contributed by atoms with Crippen molar-refractivity contribution in [3.05, 3.63) is 61.3 Å². The van der Waals surface area contributed by atoms with Crippen LogP contribution in [0.3, 0.4) is 0 Å². The molecule has 0 radical (unpaired) electrons. The predicted octanol–water partition coefficient (Wildman–Crippen LogP) is 2.89. The van der Waals surface area contributed by atoms with Crippen LogP contribution >= 0.6 is 0 Å². The highest BCUT2D eigenvalue weighted by Crippen LogP contribution is 2.23. The van der Waals surface area contributed by atoms with E-state index in [1.165, 1.54) is 10.5 Å². The molecule has 0 spiro atoms. The zero-order chi connectivity index (χ0) is 16.0. The Morgan fingerprint density at radius 3 is 2.50 bits per heavy atom. The van der Waals surface area contributed by atoms with Gasteiger partial charge in [0.25, 0.3) is 10.0 Å². The summed E-state index contributed by atoms with van der Waals surface area (Å²) in [6, 6.07) is 12.2. The second-order valence-corrected chi connectivity index (χ2v) is 6.42. The third kappa shape index (κ3) is 3.46. The molecule has 1 aromatic carbocycles. The molecule has 0 saturated heterocycles. The van der Waals surface area contributed by atoms with Crippen molar-refractivity contribution in [2.24, 2.45) is 0 Å². The first-order valence-corrected chi connectivity index (χ1v) is 8.42. The van der Waals surface area contributed by atoms with Gasteiger partial charge in [0.15, 0.2) is 0 Å². The van der Waals surface area contributed by atoms with E-state index in [1.807, 2.05) is 18.2 Å². The van der Waals surface area contributed by atoms with Crippen molar-refractivity contribution in [3.63, 3.8) is 0 Å². The molecule has 0 aliphatic rings. The molecule has 0 unspecified atom stereocenters. The summed E-state index contributed by atoms with van der Waals surface area (Å²) in [5.41, 5.74) is 0.638. The van der Waals surface area contributed by atoms with Gasteiger partial charge in [-0.1, -0.05) is 24.3 Å². The Morgan fingerprint density at radius 2 is 1.95 bits per heavy atom. The number of benzene rings is 1. The Kier molecular flexibility index (Phi) is 5.16. The summed E-state index contributed by atoms with van der Waals surface area (Å²) in [4.78, 5) is 4.30. The molecule has 6 heteroatoms. The fraction of sp³-hybridized carbons (Fsp3) is 0.188. The van der Waals surface area contributed by atoms with E-state index in [0.717, 1.165) is 0 Å². The number of hydrogen-bond donors (Lipinski definition) is 1. The van der Waals surface area contributed by atoms with Crippen molar-refractivity contribution in [1.29, 1.82) is 0 Å². The topological polar surface area (TPSA) is 62.3 Å². The minimum atomic E-state index is -3.62. The summed E-state index contributed by atoms with van der Waals surface area (Å²) in [6.07, 6.45) is 3.08. The highest BCUT2D eigenvalue weighted by atomic mass is 32.2. The summed E-state index contributed by atoms with van der Waals surface area (Å²) in [5, 5.41) is 3.01. The van der Waals surface area contributed by atoms with Crippen LogP contribution in [0.5, 0.6) is 0 Å². The maximum Gasteiger partial charge on any atom is 0.265 e. The molecular formula is C16H19N3O2S. The average Bonchev–Trinajstić information content (AvgIpc) is 2.55. The molecule has 0 aliphatic heterocycles. The lowest BCUT2D eigenvalue weighted by Crippen LogP contribution is -2.30. The van der Waals surface area contributed by atoms with Gasteiger partial charge in [0.1, 0.15) is 10.7 Å². The van der Waals surface area contributed by atoms with Crippen LogP contribution in [0.25, 0.3) is 0 Å². The molecule has 116 valence electrons. The predicted molar refractivity (Wildman–Crippen MR) is 89.6 cm³/mol. The van der Waals surface area contributed by atoms with Gasteiger partial charge in [-0.15, -0.1) is 6.58 Å². The van der Waals surface area contributed by atoms with Crippen LogP contribution in [-0.4, -0.2) is 26.5 Å². The number of rotatable bonds is 7. The maximum atomic E-state index is 12.7. The summed E-state index contributed by atoms with van der Waals surface area (Å²) in [5.74, 6) is 0.613. The van der Waals surface area contributed by atoms with Crippen LogP contribution in [-0.2, 0) is 10.0 Å². The Labute approximate surface area is 131 Å². The summed E-state index contributed by atoms with van der Waals surface area (Å²) in [7, 11) is -3.62. The summed E-state index contributed by atoms with van der Waals surface area (Å²) in [6.45, 7) is 6.33. The van der Waals surface area contributed by atoms with E-state index in [-0.39, 0.29) is 4.90 Å². The molecule has 0 fully saturated rings. The second kappa shape index (κ2) is 7.09. The van der Waals surface area contributed by atoms with Crippen LogP contribution in [0.15, 0.2) is 66.2 Å². The third-order valence-electron chi connectivity index (χ3n) is 3.08. The van der Waals surface area contributed by atoms with Crippen LogP contribution in [0.2, 0.25) is 0 Å². The van der Waals surface area contributed by atoms with Gasteiger partial charge in [0, 0.05) is 19.3 Å². The van der Waals surface area contributed by atoms with Crippen LogP contribution in [0.1, 0.15) is 6.92 Å². The zero-order valence-electron chi connectivity index (χ0n) is 12.4. The van der Waals surface area contributed by atoms with E-state index in [0.29, 0.717) is 24.6 Å². The monoisotopic (exact) mass is 317 g/mol. The zero-order valence-corrected chi connectivity index (χ0v) is 13.3. The number of pyridine rings is 1. The van der Waals surface area contributed by atoms with E-state index in [1.54, 1.807) is 37.3 Å². The SMILES string of the molecule is C=CCNc1ccc(S(=O)(=O)N(CC)c2ccccc2)cn1. The number of anilines is 2. The van der Waals surface area contributed by atoms with E-state index in [9.17, 15) is 8.42 Å². The van der Waals surface area contributed by atoms with Gasteiger partial charge in [0.05, 0.1) is 5.69 Å². The smallest absolute Gasteiger partial charge is 0.265 e.